The molecule has 112 valence electrons. The largest absolute Gasteiger partial charge is 0.398 e. The minimum absolute atomic E-state index is 0.142. The minimum Gasteiger partial charge on any atom is -0.398 e. The number of anilines is 1. The number of hydrogen-bond donors (Lipinski definition) is 3. The summed E-state index contributed by atoms with van der Waals surface area (Å²) in [5, 5.41) is 2.69. The first-order chi connectivity index (χ1) is 9.27. The second kappa shape index (κ2) is 6.81. The fourth-order valence-corrected chi connectivity index (χ4v) is 2.71. The van der Waals surface area contributed by atoms with E-state index in [0.29, 0.717) is 12.1 Å². The van der Waals surface area contributed by atoms with Gasteiger partial charge in [0.05, 0.1) is 4.90 Å². The summed E-state index contributed by atoms with van der Waals surface area (Å²) in [6, 6.07) is 1.76. The number of rotatable bonds is 5. The molecule has 1 aromatic rings. The first-order valence-electron chi connectivity index (χ1n) is 6.14. The van der Waals surface area contributed by atoms with Crippen LogP contribution in [-0.4, -0.2) is 21.0 Å². The van der Waals surface area contributed by atoms with Gasteiger partial charge in [-0.15, -0.1) is 0 Å². The van der Waals surface area contributed by atoms with Crippen LogP contribution in [0, 0.1) is 6.92 Å². The third-order valence-corrected chi connectivity index (χ3v) is 4.41. The average molecular weight is 320 g/mol. The number of nitrogen functional groups attached to an aromatic ring is 1. The highest BCUT2D eigenvalue weighted by Gasteiger charge is 2.19. The topological polar surface area (TPSA) is 101 Å². The fraction of sp³-hybridized carbons (Fsp3) is 0.417. The van der Waals surface area contributed by atoms with Crippen molar-refractivity contribution in [1.29, 1.82) is 0 Å². The molecule has 0 aromatic heterocycles. The molecule has 0 saturated carbocycles. The number of halogens is 1. The van der Waals surface area contributed by atoms with Gasteiger partial charge in [-0.25, -0.2) is 17.9 Å². The summed E-state index contributed by atoms with van der Waals surface area (Å²) < 4.78 is 25.9. The summed E-state index contributed by atoms with van der Waals surface area (Å²) in [7, 11) is -3.98. The zero-order valence-electron chi connectivity index (χ0n) is 11.4. The smallest absolute Gasteiger partial charge is 0.328 e. The van der Waals surface area contributed by atoms with E-state index in [0.717, 1.165) is 12.8 Å². The second-order valence-electron chi connectivity index (χ2n) is 4.33. The van der Waals surface area contributed by atoms with Gasteiger partial charge in [0.25, 0.3) is 10.0 Å². The van der Waals surface area contributed by atoms with Crippen LogP contribution in [0.3, 0.4) is 0 Å². The summed E-state index contributed by atoms with van der Waals surface area (Å²) in [5.74, 6) is 0. The average Bonchev–Trinajstić information content (AvgIpc) is 2.35. The third kappa shape index (κ3) is 4.28. The third-order valence-electron chi connectivity index (χ3n) is 2.71. The summed E-state index contributed by atoms with van der Waals surface area (Å²) in [6.07, 6.45) is 1.67. The lowest BCUT2D eigenvalue weighted by atomic mass is 10.2. The Morgan fingerprint density at radius 3 is 2.60 bits per heavy atom. The van der Waals surface area contributed by atoms with Gasteiger partial charge in [-0.2, -0.15) is 0 Å². The molecule has 0 aliphatic carbocycles. The first kappa shape index (κ1) is 16.6. The highest BCUT2D eigenvalue weighted by atomic mass is 35.5. The molecule has 0 spiro atoms. The van der Waals surface area contributed by atoms with Crippen molar-refractivity contribution < 1.29 is 13.2 Å². The number of urea groups is 1. The molecule has 6 nitrogen and oxygen atoms in total. The number of carbonyl (C=O) groups excluding carboxylic acids is 1. The van der Waals surface area contributed by atoms with E-state index in [1.165, 1.54) is 12.1 Å². The van der Waals surface area contributed by atoms with E-state index >= 15 is 0 Å². The van der Waals surface area contributed by atoms with Crippen LogP contribution in [0.2, 0.25) is 5.02 Å². The lowest BCUT2D eigenvalue weighted by Gasteiger charge is -2.10. The summed E-state index contributed by atoms with van der Waals surface area (Å²) in [5.41, 5.74) is 6.52. The molecule has 0 fully saturated rings. The number of nitrogens with one attached hydrogen (secondary N) is 2. The molecule has 8 heteroatoms. The molecule has 0 atom stereocenters. The van der Waals surface area contributed by atoms with Crippen LogP contribution in [0.1, 0.15) is 25.3 Å². The van der Waals surface area contributed by atoms with Crippen LogP contribution in [0.4, 0.5) is 10.5 Å². The molecule has 1 aromatic carbocycles. The summed E-state index contributed by atoms with van der Waals surface area (Å²) in [6.45, 7) is 4.06. The van der Waals surface area contributed by atoms with Gasteiger partial charge in [0, 0.05) is 17.3 Å². The normalized spacial score (nSPS) is 11.2. The zero-order valence-corrected chi connectivity index (χ0v) is 12.9. The van der Waals surface area contributed by atoms with Crippen molar-refractivity contribution in [2.24, 2.45) is 0 Å². The van der Waals surface area contributed by atoms with E-state index in [2.05, 4.69) is 5.32 Å². The van der Waals surface area contributed by atoms with Gasteiger partial charge in [0.2, 0.25) is 0 Å². The van der Waals surface area contributed by atoms with Crippen molar-refractivity contribution in [1.82, 2.24) is 10.0 Å². The van der Waals surface area contributed by atoms with E-state index in [1.54, 1.807) is 6.92 Å². The Kier molecular flexibility index (Phi) is 5.64. The molecular weight excluding hydrogens is 302 g/mol. The van der Waals surface area contributed by atoms with Crippen molar-refractivity contribution >= 4 is 33.3 Å². The molecule has 2 amide bonds. The number of nitrogens with two attached hydrogens (primary N) is 1. The number of carbonyl (C=O) groups is 1. The van der Waals surface area contributed by atoms with E-state index < -0.39 is 16.1 Å². The van der Waals surface area contributed by atoms with Gasteiger partial charge >= 0.3 is 6.03 Å². The molecule has 1 rings (SSSR count). The molecule has 0 heterocycles. The molecule has 0 radical (unpaired) electrons. The molecule has 0 bridgehead atoms. The van der Waals surface area contributed by atoms with Gasteiger partial charge in [-0.3, -0.25) is 0 Å². The molecular formula is C12H18ClN3O3S. The molecule has 4 N–H and O–H groups in total. The van der Waals surface area contributed by atoms with Gasteiger partial charge in [0.15, 0.2) is 0 Å². The SMILES string of the molecule is CCCCNC(=O)NS(=O)(=O)c1cc(N)c(C)c(Cl)c1. The molecule has 0 aliphatic heterocycles. The molecule has 0 saturated heterocycles. The number of amides is 2. The highest BCUT2D eigenvalue weighted by molar-refractivity contribution is 7.90. The Bertz CT molecular complexity index is 579. The van der Waals surface area contributed by atoms with Gasteiger partial charge in [-0.05, 0) is 31.0 Å². The van der Waals surface area contributed by atoms with Crippen LogP contribution < -0.4 is 15.8 Å². The Morgan fingerprint density at radius 1 is 1.40 bits per heavy atom. The number of unbranched alkanes of at least 4 members (excludes halogenated alkanes) is 1. The van der Waals surface area contributed by atoms with E-state index in [-0.39, 0.29) is 15.6 Å². The van der Waals surface area contributed by atoms with E-state index in [9.17, 15) is 13.2 Å². The second-order valence-corrected chi connectivity index (χ2v) is 6.42. The van der Waals surface area contributed by atoms with Crippen molar-refractivity contribution in [3.63, 3.8) is 0 Å². The van der Waals surface area contributed by atoms with Crippen LogP contribution in [-0.2, 0) is 10.0 Å². The van der Waals surface area contributed by atoms with Gasteiger partial charge in [-0.1, -0.05) is 24.9 Å². The lowest BCUT2D eigenvalue weighted by Crippen LogP contribution is -2.39. The van der Waals surface area contributed by atoms with Crippen molar-refractivity contribution in [2.75, 3.05) is 12.3 Å². The number of sulfonamides is 1. The number of hydrogen-bond acceptors (Lipinski definition) is 4. The standard InChI is InChI=1S/C12H18ClN3O3S/c1-3-4-5-15-12(17)16-20(18,19)9-6-10(13)8(2)11(14)7-9/h6-7H,3-5,14H2,1-2H3,(H2,15,16,17). The van der Waals surface area contributed by atoms with Crippen LogP contribution in [0.5, 0.6) is 0 Å². The highest BCUT2D eigenvalue weighted by Crippen LogP contribution is 2.25. The van der Waals surface area contributed by atoms with Crippen molar-refractivity contribution in [2.45, 2.75) is 31.6 Å². The maximum Gasteiger partial charge on any atom is 0.328 e. The Labute approximate surface area is 123 Å². The van der Waals surface area contributed by atoms with Crippen LogP contribution in [0.25, 0.3) is 0 Å². The van der Waals surface area contributed by atoms with Gasteiger partial charge in [0.1, 0.15) is 0 Å². The molecule has 0 unspecified atom stereocenters. The fourth-order valence-electron chi connectivity index (χ4n) is 1.43. The van der Waals surface area contributed by atoms with Gasteiger partial charge < -0.3 is 11.1 Å². The monoisotopic (exact) mass is 319 g/mol. The first-order valence-corrected chi connectivity index (χ1v) is 8.00. The van der Waals surface area contributed by atoms with Crippen LogP contribution >= 0.6 is 11.6 Å². The summed E-state index contributed by atoms with van der Waals surface area (Å²) >= 11 is 5.89. The van der Waals surface area contributed by atoms with E-state index in [1.807, 2.05) is 11.6 Å². The molecule has 20 heavy (non-hydrogen) atoms. The lowest BCUT2D eigenvalue weighted by molar-refractivity contribution is 0.245. The zero-order chi connectivity index (χ0) is 15.3. The summed E-state index contributed by atoms with van der Waals surface area (Å²) in [4.78, 5) is 11.3. The minimum atomic E-state index is -3.98. The Balaban J connectivity index is 2.86. The maximum atomic E-state index is 12.0. The Hall–Kier alpha value is -1.47. The number of benzene rings is 1. The maximum absolute atomic E-state index is 12.0. The predicted molar refractivity (Wildman–Crippen MR) is 79.2 cm³/mol. The van der Waals surface area contributed by atoms with Crippen molar-refractivity contribution in [3.05, 3.63) is 22.7 Å². The van der Waals surface area contributed by atoms with Crippen molar-refractivity contribution in [3.8, 4) is 0 Å². The predicted octanol–water partition coefficient (Wildman–Crippen LogP) is 2.02. The van der Waals surface area contributed by atoms with E-state index in [4.69, 9.17) is 17.3 Å². The van der Waals surface area contributed by atoms with Crippen LogP contribution in [0.15, 0.2) is 17.0 Å². The Morgan fingerprint density at radius 2 is 2.05 bits per heavy atom. The molecule has 0 aliphatic rings. The quantitative estimate of drug-likeness (QED) is 0.571.